The minimum atomic E-state index is -0.295. The van der Waals surface area contributed by atoms with Crippen molar-refractivity contribution in [3.05, 3.63) is 40.5 Å². The van der Waals surface area contributed by atoms with Crippen LogP contribution >= 0.6 is 11.8 Å². The standard InChI is InChI=1S/C18H23N5OS/c1-13(2)11-15-20-7-9-22(15)8-3-5-14-12-23(16-6-4-10-25-16)18(24)21-17(14)19/h7,9,12-13,16H,4,6,8,10-11H2,1-2H3,(H2,19,21,24)/t16-/m0/s1. The molecule has 0 saturated carbocycles. The lowest BCUT2D eigenvalue weighted by atomic mass is 10.1. The molecule has 0 bridgehead atoms. The van der Waals surface area contributed by atoms with E-state index < -0.39 is 0 Å². The summed E-state index contributed by atoms with van der Waals surface area (Å²) in [5.41, 5.74) is 6.21. The Morgan fingerprint density at radius 1 is 1.48 bits per heavy atom. The van der Waals surface area contributed by atoms with Crippen LogP contribution in [0.3, 0.4) is 0 Å². The first kappa shape index (κ1) is 17.6. The number of hydrogen-bond acceptors (Lipinski definition) is 5. The average Bonchev–Trinajstić information content (AvgIpc) is 3.21. The fourth-order valence-corrected chi connectivity index (χ4v) is 4.07. The molecular weight excluding hydrogens is 334 g/mol. The first-order valence-electron chi connectivity index (χ1n) is 8.53. The Bertz CT molecular complexity index is 852. The number of nitrogens with zero attached hydrogens (tertiary/aromatic N) is 4. The lowest BCUT2D eigenvalue weighted by Crippen LogP contribution is -2.26. The fourth-order valence-electron chi connectivity index (χ4n) is 2.82. The molecule has 2 N–H and O–H groups in total. The van der Waals surface area contributed by atoms with Crippen molar-refractivity contribution >= 4 is 17.6 Å². The first-order valence-corrected chi connectivity index (χ1v) is 9.58. The maximum absolute atomic E-state index is 12.1. The number of nitrogen functional groups attached to an aromatic ring is 1. The molecule has 0 radical (unpaired) electrons. The summed E-state index contributed by atoms with van der Waals surface area (Å²) in [5.74, 6) is 9.04. The van der Waals surface area contributed by atoms with E-state index in [1.807, 2.05) is 10.8 Å². The maximum atomic E-state index is 12.1. The second-order valence-corrected chi connectivity index (χ2v) is 7.85. The third-order valence-corrected chi connectivity index (χ3v) is 5.43. The molecule has 0 aromatic carbocycles. The van der Waals surface area contributed by atoms with Gasteiger partial charge in [-0.2, -0.15) is 4.98 Å². The minimum absolute atomic E-state index is 0.146. The van der Waals surface area contributed by atoms with Gasteiger partial charge in [0.2, 0.25) is 0 Å². The molecule has 1 saturated heterocycles. The van der Waals surface area contributed by atoms with Crippen molar-refractivity contribution in [2.75, 3.05) is 11.5 Å². The molecule has 1 aliphatic rings. The zero-order valence-corrected chi connectivity index (χ0v) is 15.4. The Morgan fingerprint density at radius 3 is 3.04 bits per heavy atom. The predicted octanol–water partition coefficient (Wildman–Crippen LogP) is 2.30. The summed E-state index contributed by atoms with van der Waals surface area (Å²) in [6.45, 7) is 4.88. The summed E-state index contributed by atoms with van der Waals surface area (Å²) in [7, 11) is 0. The van der Waals surface area contributed by atoms with Crippen molar-refractivity contribution in [2.45, 2.75) is 45.0 Å². The smallest absolute Gasteiger partial charge is 0.350 e. The van der Waals surface area contributed by atoms with Crippen molar-refractivity contribution in [1.29, 1.82) is 0 Å². The van der Waals surface area contributed by atoms with Crippen LogP contribution in [0, 0.1) is 17.8 Å². The zero-order chi connectivity index (χ0) is 17.8. The molecular formula is C18H23N5OS. The Morgan fingerprint density at radius 2 is 2.32 bits per heavy atom. The topological polar surface area (TPSA) is 78.7 Å². The van der Waals surface area contributed by atoms with E-state index in [0.29, 0.717) is 18.0 Å². The van der Waals surface area contributed by atoms with E-state index in [2.05, 4.69) is 35.7 Å². The summed E-state index contributed by atoms with van der Waals surface area (Å²) in [5, 5.41) is 0.146. The van der Waals surface area contributed by atoms with E-state index in [1.165, 1.54) is 0 Å². The average molecular weight is 357 g/mol. The highest BCUT2D eigenvalue weighted by molar-refractivity contribution is 7.99. The minimum Gasteiger partial charge on any atom is -0.382 e. The summed E-state index contributed by atoms with van der Waals surface area (Å²) < 4.78 is 3.71. The molecule has 0 unspecified atom stereocenters. The first-order chi connectivity index (χ1) is 12.0. The van der Waals surface area contributed by atoms with Gasteiger partial charge < -0.3 is 10.3 Å². The van der Waals surface area contributed by atoms with Crippen LogP contribution in [0.25, 0.3) is 0 Å². The summed E-state index contributed by atoms with van der Waals surface area (Å²) in [6, 6.07) is 0. The molecule has 3 heterocycles. The van der Waals surface area contributed by atoms with Gasteiger partial charge >= 0.3 is 5.69 Å². The van der Waals surface area contributed by atoms with Gasteiger partial charge in [0.25, 0.3) is 0 Å². The quantitative estimate of drug-likeness (QED) is 0.850. The number of hydrogen-bond donors (Lipinski definition) is 1. The molecule has 3 rings (SSSR count). The van der Waals surface area contributed by atoms with Crippen LogP contribution in [-0.2, 0) is 13.0 Å². The van der Waals surface area contributed by atoms with Gasteiger partial charge in [0.05, 0.1) is 17.5 Å². The van der Waals surface area contributed by atoms with Crippen LogP contribution in [0.4, 0.5) is 5.82 Å². The molecule has 1 atom stereocenters. The molecule has 1 aliphatic heterocycles. The maximum Gasteiger partial charge on any atom is 0.350 e. The van der Waals surface area contributed by atoms with E-state index >= 15 is 0 Å². The third kappa shape index (κ3) is 4.26. The van der Waals surface area contributed by atoms with Crippen molar-refractivity contribution in [1.82, 2.24) is 19.1 Å². The van der Waals surface area contributed by atoms with Crippen LogP contribution < -0.4 is 11.4 Å². The Balaban J connectivity index is 1.80. The molecule has 25 heavy (non-hydrogen) atoms. The summed E-state index contributed by atoms with van der Waals surface area (Å²) in [6.07, 6.45) is 8.51. The molecule has 0 amide bonds. The van der Waals surface area contributed by atoms with Crippen molar-refractivity contribution < 1.29 is 0 Å². The lowest BCUT2D eigenvalue weighted by Gasteiger charge is -2.12. The molecule has 0 aliphatic carbocycles. The van der Waals surface area contributed by atoms with Crippen molar-refractivity contribution in [2.24, 2.45) is 5.92 Å². The van der Waals surface area contributed by atoms with Gasteiger partial charge in [0.15, 0.2) is 0 Å². The second-order valence-electron chi connectivity index (χ2n) is 6.57. The Hall–Kier alpha value is -2.20. The third-order valence-electron chi connectivity index (χ3n) is 4.06. The summed E-state index contributed by atoms with van der Waals surface area (Å²) in [4.78, 5) is 20.4. The normalized spacial score (nSPS) is 16.8. The van der Waals surface area contributed by atoms with Crippen molar-refractivity contribution in [3.63, 3.8) is 0 Å². The number of rotatable bonds is 4. The van der Waals surface area contributed by atoms with Crippen LogP contribution in [0.15, 0.2) is 23.4 Å². The highest BCUT2D eigenvalue weighted by atomic mass is 32.2. The molecule has 0 spiro atoms. The summed E-state index contributed by atoms with van der Waals surface area (Å²) >= 11 is 1.78. The number of nitrogens with two attached hydrogens (primary N) is 1. The molecule has 2 aromatic rings. The predicted molar refractivity (Wildman–Crippen MR) is 101 cm³/mol. The molecule has 7 heteroatoms. The van der Waals surface area contributed by atoms with Crippen LogP contribution in [0.1, 0.15) is 43.5 Å². The van der Waals surface area contributed by atoms with E-state index in [4.69, 9.17) is 5.73 Å². The molecule has 2 aromatic heterocycles. The van der Waals surface area contributed by atoms with Crippen LogP contribution in [0.5, 0.6) is 0 Å². The van der Waals surface area contributed by atoms with E-state index in [0.717, 1.165) is 30.8 Å². The number of imidazole rings is 1. The van der Waals surface area contributed by atoms with Gasteiger partial charge in [-0.1, -0.05) is 25.7 Å². The molecule has 1 fully saturated rings. The van der Waals surface area contributed by atoms with Gasteiger partial charge in [0.1, 0.15) is 11.6 Å². The van der Waals surface area contributed by atoms with E-state index in [-0.39, 0.29) is 16.9 Å². The van der Waals surface area contributed by atoms with Gasteiger partial charge in [-0.3, -0.25) is 4.57 Å². The van der Waals surface area contributed by atoms with Gasteiger partial charge in [-0.15, -0.1) is 11.8 Å². The van der Waals surface area contributed by atoms with Gasteiger partial charge in [-0.25, -0.2) is 9.78 Å². The number of aromatic nitrogens is 4. The molecule has 132 valence electrons. The second kappa shape index (κ2) is 7.79. The van der Waals surface area contributed by atoms with Crippen molar-refractivity contribution in [3.8, 4) is 11.8 Å². The van der Waals surface area contributed by atoms with Crippen LogP contribution in [0.2, 0.25) is 0 Å². The van der Waals surface area contributed by atoms with Gasteiger partial charge in [0, 0.05) is 25.0 Å². The lowest BCUT2D eigenvalue weighted by molar-refractivity contribution is 0.595. The number of thioether (sulfide) groups is 1. The molecule has 6 nitrogen and oxygen atoms in total. The largest absolute Gasteiger partial charge is 0.382 e. The Kier molecular flexibility index (Phi) is 5.49. The van der Waals surface area contributed by atoms with E-state index in [1.54, 1.807) is 28.7 Å². The highest BCUT2D eigenvalue weighted by Gasteiger charge is 2.19. The Labute approximate surface area is 151 Å². The highest BCUT2D eigenvalue weighted by Crippen LogP contribution is 2.34. The SMILES string of the molecule is CC(C)Cc1nccn1CC#Cc1cn([C@@H]2CCCS2)c(=O)nc1N. The zero-order valence-electron chi connectivity index (χ0n) is 14.6. The monoisotopic (exact) mass is 357 g/mol. The fraction of sp³-hybridized carbons (Fsp3) is 0.500. The van der Waals surface area contributed by atoms with Gasteiger partial charge in [-0.05, 0) is 24.5 Å². The number of anilines is 1. The van der Waals surface area contributed by atoms with E-state index in [9.17, 15) is 4.79 Å². The van der Waals surface area contributed by atoms with Crippen LogP contribution in [-0.4, -0.2) is 24.9 Å².